The van der Waals surface area contributed by atoms with E-state index < -0.39 is 13.9 Å². The van der Waals surface area contributed by atoms with Gasteiger partial charge in [0.1, 0.15) is 12.4 Å². The van der Waals surface area contributed by atoms with Gasteiger partial charge in [-0.05, 0) is 68.3 Å². The van der Waals surface area contributed by atoms with E-state index in [4.69, 9.17) is 13.9 Å². The summed E-state index contributed by atoms with van der Waals surface area (Å²) in [7, 11) is -0.290. The summed E-state index contributed by atoms with van der Waals surface area (Å²) in [6.45, 7) is 14.1. The lowest BCUT2D eigenvalue weighted by Gasteiger charge is -2.48. The summed E-state index contributed by atoms with van der Waals surface area (Å²) < 4.78 is 18.7. The Balaban J connectivity index is 2.31. The zero-order valence-electron chi connectivity index (χ0n) is 19.0. The molecule has 4 heteroatoms. The standard InChI is InChI=1S/C24H40O3Si/c1-23(2,3)28(6,7)27-24(4,21-15-11-12-16-21)22(26-19-25-5)18-17-20-13-9-8-10-14-20/h8-10,13-15,22H,11-12,16-19H2,1-7H3/t22-,24?/m0/s1. The fraction of sp³-hybridized carbons (Fsp3) is 0.667. The van der Waals surface area contributed by atoms with Crippen LogP contribution in [0, 0.1) is 0 Å². The van der Waals surface area contributed by atoms with Gasteiger partial charge in [-0.1, -0.05) is 57.2 Å². The van der Waals surface area contributed by atoms with E-state index in [1.807, 2.05) is 0 Å². The Morgan fingerprint density at radius 2 is 1.75 bits per heavy atom. The maximum atomic E-state index is 7.11. The fourth-order valence-electron chi connectivity index (χ4n) is 3.75. The Morgan fingerprint density at radius 1 is 1.07 bits per heavy atom. The molecular weight excluding hydrogens is 364 g/mol. The Morgan fingerprint density at radius 3 is 2.29 bits per heavy atom. The van der Waals surface area contributed by atoms with Gasteiger partial charge >= 0.3 is 0 Å². The van der Waals surface area contributed by atoms with Crippen molar-refractivity contribution in [3.63, 3.8) is 0 Å². The van der Waals surface area contributed by atoms with E-state index in [9.17, 15) is 0 Å². The molecule has 0 N–H and O–H groups in total. The van der Waals surface area contributed by atoms with Gasteiger partial charge in [-0.2, -0.15) is 0 Å². The van der Waals surface area contributed by atoms with Crippen LogP contribution in [0.4, 0.5) is 0 Å². The van der Waals surface area contributed by atoms with E-state index in [0.29, 0.717) is 6.79 Å². The van der Waals surface area contributed by atoms with Gasteiger partial charge in [-0.3, -0.25) is 0 Å². The van der Waals surface area contributed by atoms with Gasteiger partial charge in [0.25, 0.3) is 0 Å². The number of hydrogen-bond donors (Lipinski definition) is 0. The molecule has 0 aromatic heterocycles. The first-order chi connectivity index (χ1) is 13.1. The molecule has 1 aromatic rings. The van der Waals surface area contributed by atoms with E-state index in [1.54, 1.807) is 7.11 Å². The number of ether oxygens (including phenoxy) is 2. The van der Waals surface area contributed by atoms with Crippen LogP contribution in [0.2, 0.25) is 18.1 Å². The monoisotopic (exact) mass is 404 g/mol. The lowest BCUT2D eigenvalue weighted by molar-refractivity contribution is -0.133. The van der Waals surface area contributed by atoms with Crippen LogP contribution >= 0.6 is 0 Å². The Hall–Kier alpha value is -0.943. The third kappa shape index (κ3) is 5.79. The summed E-state index contributed by atoms with van der Waals surface area (Å²) in [6.07, 6.45) is 7.69. The van der Waals surface area contributed by atoms with Crippen LogP contribution in [-0.4, -0.2) is 33.9 Å². The highest BCUT2D eigenvalue weighted by Crippen LogP contribution is 2.45. The molecule has 2 rings (SSSR count). The van der Waals surface area contributed by atoms with Gasteiger partial charge in [0.05, 0.1) is 6.10 Å². The number of hydrogen-bond acceptors (Lipinski definition) is 3. The predicted molar refractivity (Wildman–Crippen MR) is 120 cm³/mol. The third-order valence-corrected chi connectivity index (χ3v) is 11.0. The molecular formula is C24H40O3Si. The van der Waals surface area contributed by atoms with Crippen LogP contribution < -0.4 is 0 Å². The third-order valence-electron chi connectivity index (χ3n) is 6.49. The predicted octanol–water partition coefficient (Wildman–Crippen LogP) is 6.50. The summed E-state index contributed by atoms with van der Waals surface area (Å²) in [5.74, 6) is 0. The maximum absolute atomic E-state index is 7.11. The second-order valence-corrected chi connectivity index (χ2v) is 14.4. The van der Waals surface area contributed by atoms with Crippen molar-refractivity contribution >= 4 is 8.32 Å². The molecule has 2 atom stereocenters. The largest absolute Gasteiger partial charge is 0.405 e. The molecule has 0 saturated heterocycles. The molecule has 0 fully saturated rings. The average molecular weight is 405 g/mol. The molecule has 0 spiro atoms. The SMILES string of the molecule is COCO[C@@H](CCc1ccccc1)C(C)(O[Si](C)(C)C(C)(C)C)C1=CCCC1. The topological polar surface area (TPSA) is 27.7 Å². The van der Waals surface area contributed by atoms with Crippen LogP contribution in [0.15, 0.2) is 42.0 Å². The molecule has 1 aromatic carbocycles. The Labute approximate surface area is 173 Å². The van der Waals surface area contributed by atoms with E-state index in [2.05, 4.69) is 77.2 Å². The summed E-state index contributed by atoms with van der Waals surface area (Å²) in [6, 6.07) is 10.6. The van der Waals surface area contributed by atoms with Gasteiger partial charge < -0.3 is 13.9 Å². The molecule has 1 unspecified atom stereocenters. The highest BCUT2D eigenvalue weighted by Gasteiger charge is 2.48. The number of benzene rings is 1. The minimum atomic E-state index is -1.98. The Kier molecular flexibility index (Phi) is 8.09. The molecule has 0 amide bonds. The molecule has 0 heterocycles. The van der Waals surface area contributed by atoms with Crippen LogP contribution in [0.1, 0.15) is 58.9 Å². The number of methoxy groups -OCH3 is 1. The van der Waals surface area contributed by atoms with Crippen LogP contribution in [0.25, 0.3) is 0 Å². The van der Waals surface area contributed by atoms with Crippen molar-refractivity contribution in [3.05, 3.63) is 47.5 Å². The number of aryl methyl sites for hydroxylation is 1. The molecule has 0 radical (unpaired) electrons. The first-order valence-electron chi connectivity index (χ1n) is 10.6. The zero-order chi connectivity index (χ0) is 20.8. The van der Waals surface area contributed by atoms with Crippen molar-refractivity contribution in [1.29, 1.82) is 0 Å². The summed E-state index contributed by atoms with van der Waals surface area (Å²) in [5.41, 5.74) is 2.34. The molecule has 0 aliphatic heterocycles. The average Bonchev–Trinajstić information content (AvgIpc) is 3.16. The maximum Gasteiger partial charge on any atom is 0.193 e. The number of allylic oxidation sites excluding steroid dienone is 1. The van der Waals surface area contributed by atoms with Crippen LogP contribution in [0.3, 0.4) is 0 Å². The van der Waals surface area contributed by atoms with Crippen molar-refractivity contribution in [2.45, 2.75) is 89.6 Å². The highest BCUT2D eigenvalue weighted by atomic mass is 28.4. The number of rotatable bonds is 10. The minimum Gasteiger partial charge on any atom is -0.405 e. The van der Waals surface area contributed by atoms with Gasteiger partial charge in [0, 0.05) is 7.11 Å². The summed E-state index contributed by atoms with van der Waals surface area (Å²) in [5, 5.41) is 0.151. The highest BCUT2D eigenvalue weighted by molar-refractivity contribution is 6.74. The van der Waals surface area contributed by atoms with E-state index in [-0.39, 0.29) is 11.1 Å². The molecule has 0 bridgehead atoms. The van der Waals surface area contributed by atoms with Crippen molar-refractivity contribution in [2.75, 3.05) is 13.9 Å². The molecule has 1 aliphatic rings. The second kappa shape index (κ2) is 9.71. The Bertz CT molecular complexity index is 633. The lowest BCUT2D eigenvalue weighted by atomic mass is 9.86. The fourth-order valence-corrected chi connectivity index (χ4v) is 5.38. The van der Waals surface area contributed by atoms with Gasteiger partial charge in [-0.15, -0.1) is 0 Å². The smallest absolute Gasteiger partial charge is 0.193 e. The van der Waals surface area contributed by atoms with E-state index >= 15 is 0 Å². The minimum absolute atomic E-state index is 0.0360. The van der Waals surface area contributed by atoms with Crippen molar-refractivity contribution in [3.8, 4) is 0 Å². The first-order valence-corrected chi connectivity index (χ1v) is 13.5. The van der Waals surface area contributed by atoms with E-state index in [0.717, 1.165) is 25.7 Å². The second-order valence-electron chi connectivity index (χ2n) is 9.68. The quantitative estimate of drug-likeness (QED) is 0.253. The normalized spacial score (nSPS) is 18.6. The van der Waals surface area contributed by atoms with Gasteiger partial charge in [-0.25, -0.2) is 0 Å². The lowest BCUT2D eigenvalue weighted by Crippen LogP contribution is -2.55. The van der Waals surface area contributed by atoms with Crippen molar-refractivity contribution < 1.29 is 13.9 Å². The van der Waals surface area contributed by atoms with Crippen molar-refractivity contribution in [2.24, 2.45) is 0 Å². The molecule has 0 saturated carbocycles. The molecule has 1 aliphatic carbocycles. The zero-order valence-corrected chi connectivity index (χ0v) is 20.0. The van der Waals surface area contributed by atoms with Crippen LogP contribution in [-0.2, 0) is 20.3 Å². The van der Waals surface area contributed by atoms with Crippen molar-refractivity contribution in [1.82, 2.24) is 0 Å². The van der Waals surface area contributed by atoms with Gasteiger partial charge in [0.15, 0.2) is 8.32 Å². The molecule has 3 nitrogen and oxygen atoms in total. The van der Waals surface area contributed by atoms with E-state index in [1.165, 1.54) is 17.6 Å². The van der Waals surface area contributed by atoms with Crippen LogP contribution in [0.5, 0.6) is 0 Å². The summed E-state index contributed by atoms with van der Waals surface area (Å²) >= 11 is 0. The summed E-state index contributed by atoms with van der Waals surface area (Å²) in [4.78, 5) is 0. The first kappa shape index (κ1) is 23.3. The molecule has 158 valence electrons. The molecule has 28 heavy (non-hydrogen) atoms. The van der Waals surface area contributed by atoms with Gasteiger partial charge in [0.2, 0.25) is 0 Å².